The number of rotatable bonds is 6. The molecule has 5 rings (SSSR count). The van der Waals surface area contributed by atoms with Crippen molar-refractivity contribution in [3.8, 4) is 11.3 Å². The van der Waals surface area contributed by atoms with Gasteiger partial charge in [-0.1, -0.05) is 25.1 Å². The lowest BCUT2D eigenvalue weighted by Crippen LogP contribution is -2.33. The lowest BCUT2D eigenvalue weighted by Gasteiger charge is -2.26. The molecule has 186 valence electrons. The number of hydrogen-bond acceptors (Lipinski definition) is 6. The van der Waals surface area contributed by atoms with E-state index < -0.39 is 0 Å². The number of nitrogens with zero attached hydrogens (tertiary/aromatic N) is 2. The van der Waals surface area contributed by atoms with Gasteiger partial charge in [-0.05, 0) is 54.2 Å². The number of nitrogens with one attached hydrogen (secondary N) is 2. The van der Waals surface area contributed by atoms with Crippen LogP contribution in [0.15, 0.2) is 41.8 Å². The minimum Gasteiger partial charge on any atom is -0.395 e. The number of aliphatic hydroxyl groups is 1. The summed E-state index contributed by atoms with van der Waals surface area (Å²) in [5.74, 6) is -0.621. The van der Waals surface area contributed by atoms with Crippen LogP contribution in [0.2, 0.25) is 0 Å². The van der Waals surface area contributed by atoms with Gasteiger partial charge in [0.05, 0.1) is 18.8 Å². The van der Waals surface area contributed by atoms with E-state index in [9.17, 15) is 19.5 Å². The smallest absolute Gasteiger partial charge is 0.251 e. The van der Waals surface area contributed by atoms with Gasteiger partial charge in [0.15, 0.2) is 5.13 Å². The molecule has 2 aliphatic rings. The molecular formula is C27H28N4O4S. The highest BCUT2D eigenvalue weighted by atomic mass is 32.1. The molecule has 0 saturated carbocycles. The number of thiazole rings is 1. The van der Waals surface area contributed by atoms with Crippen molar-refractivity contribution in [3.05, 3.63) is 64.0 Å². The molecule has 0 unspecified atom stereocenters. The minimum absolute atomic E-state index is 0.0313. The average molecular weight is 505 g/mol. The molecule has 1 atom stereocenters. The Hall–Kier alpha value is -3.56. The molecule has 36 heavy (non-hydrogen) atoms. The van der Waals surface area contributed by atoms with Gasteiger partial charge in [-0.15, -0.1) is 11.3 Å². The first-order valence-corrected chi connectivity index (χ1v) is 12.8. The third-order valence-corrected chi connectivity index (χ3v) is 7.96. The Labute approximate surface area is 213 Å². The highest BCUT2D eigenvalue weighted by molar-refractivity contribution is 7.14. The molecule has 9 heteroatoms. The monoisotopic (exact) mass is 504 g/mol. The molecule has 8 nitrogen and oxygen atoms in total. The molecule has 2 heterocycles. The number of fused-ring (bicyclic) bond motifs is 2. The van der Waals surface area contributed by atoms with Crippen molar-refractivity contribution in [1.82, 2.24) is 10.3 Å². The van der Waals surface area contributed by atoms with Crippen molar-refractivity contribution in [1.29, 1.82) is 0 Å². The maximum atomic E-state index is 12.7. The van der Waals surface area contributed by atoms with Gasteiger partial charge < -0.3 is 20.6 Å². The molecule has 1 aliphatic heterocycles. The SMILES string of the molecule is CN1C(=O)CCc2ccc(-c3csc(NC(=O)CNC(=O)c4ccc5c(c4)[C@@](C)(CO)CC5)n3)cc21. The average Bonchev–Trinajstić information content (AvgIpc) is 3.49. The van der Waals surface area contributed by atoms with Crippen molar-refractivity contribution in [3.63, 3.8) is 0 Å². The summed E-state index contributed by atoms with van der Waals surface area (Å²) in [4.78, 5) is 43.4. The normalized spacial score (nSPS) is 18.5. The van der Waals surface area contributed by atoms with E-state index in [0.29, 0.717) is 22.8 Å². The van der Waals surface area contributed by atoms with Gasteiger partial charge in [0.25, 0.3) is 5.91 Å². The quantitative estimate of drug-likeness (QED) is 0.477. The van der Waals surface area contributed by atoms with Crippen molar-refractivity contribution >= 4 is 39.9 Å². The Bertz CT molecular complexity index is 1370. The predicted molar refractivity (Wildman–Crippen MR) is 139 cm³/mol. The summed E-state index contributed by atoms with van der Waals surface area (Å²) < 4.78 is 0. The number of aryl methyl sites for hydroxylation is 2. The molecule has 1 aromatic heterocycles. The first-order valence-electron chi connectivity index (χ1n) is 11.9. The standard InChI is InChI=1S/C27H28N4O4S/c1-27(15-32)10-9-16-3-6-19(11-20(16)27)25(35)28-13-23(33)30-26-29-21(14-36-26)18-5-4-17-7-8-24(34)31(2)22(17)12-18/h3-6,11-12,14,32H,7-10,13,15H2,1-2H3,(H,28,35)(H,29,30,33)/t27-/m1/s1. The van der Waals surface area contributed by atoms with E-state index in [2.05, 4.69) is 15.6 Å². The lowest BCUT2D eigenvalue weighted by atomic mass is 9.84. The van der Waals surface area contributed by atoms with Gasteiger partial charge in [0.2, 0.25) is 11.8 Å². The van der Waals surface area contributed by atoms with E-state index >= 15 is 0 Å². The first-order chi connectivity index (χ1) is 17.3. The molecule has 0 spiro atoms. The van der Waals surface area contributed by atoms with Crippen LogP contribution in [0.5, 0.6) is 0 Å². The number of benzene rings is 2. The Morgan fingerprint density at radius 3 is 2.75 bits per heavy atom. The molecule has 0 saturated heterocycles. The summed E-state index contributed by atoms with van der Waals surface area (Å²) in [5, 5.41) is 17.5. The second-order valence-electron chi connectivity index (χ2n) is 9.66. The minimum atomic E-state index is -0.374. The Morgan fingerprint density at radius 2 is 1.94 bits per heavy atom. The number of hydrogen-bond donors (Lipinski definition) is 3. The Kier molecular flexibility index (Phi) is 6.36. The van der Waals surface area contributed by atoms with Crippen LogP contribution in [0.3, 0.4) is 0 Å². The topological polar surface area (TPSA) is 112 Å². The number of amides is 3. The van der Waals surface area contributed by atoms with E-state index in [1.807, 2.05) is 42.6 Å². The van der Waals surface area contributed by atoms with Crippen LogP contribution >= 0.6 is 11.3 Å². The van der Waals surface area contributed by atoms with Gasteiger partial charge >= 0.3 is 0 Å². The first kappa shape index (κ1) is 24.1. The lowest BCUT2D eigenvalue weighted by molar-refractivity contribution is -0.118. The van der Waals surface area contributed by atoms with Gasteiger partial charge in [0.1, 0.15) is 0 Å². The van der Waals surface area contributed by atoms with Crippen LogP contribution < -0.4 is 15.5 Å². The van der Waals surface area contributed by atoms with Crippen LogP contribution in [-0.2, 0) is 27.8 Å². The molecule has 3 aromatic rings. The maximum absolute atomic E-state index is 12.7. The fourth-order valence-electron chi connectivity index (χ4n) is 4.89. The maximum Gasteiger partial charge on any atom is 0.251 e. The van der Waals surface area contributed by atoms with Gasteiger partial charge in [-0.2, -0.15) is 0 Å². The Balaban J connectivity index is 1.20. The molecule has 3 N–H and O–H groups in total. The third kappa shape index (κ3) is 4.52. The van der Waals surface area contributed by atoms with Crippen molar-refractivity contribution in [2.45, 2.75) is 38.0 Å². The number of aromatic nitrogens is 1. The Morgan fingerprint density at radius 1 is 1.14 bits per heavy atom. The van der Waals surface area contributed by atoms with Crippen LogP contribution in [0, 0.1) is 0 Å². The summed E-state index contributed by atoms with van der Waals surface area (Å²) in [6.45, 7) is 1.84. The second-order valence-corrected chi connectivity index (χ2v) is 10.5. The predicted octanol–water partition coefficient (Wildman–Crippen LogP) is 3.28. The summed E-state index contributed by atoms with van der Waals surface area (Å²) in [7, 11) is 1.78. The van der Waals surface area contributed by atoms with E-state index in [1.54, 1.807) is 18.0 Å². The zero-order valence-corrected chi connectivity index (χ0v) is 21.1. The van der Waals surface area contributed by atoms with Crippen molar-refractivity contribution in [2.75, 3.05) is 30.4 Å². The van der Waals surface area contributed by atoms with Crippen LogP contribution in [0.4, 0.5) is 10.8 Å². The van der Waals surface area contributed by atoms with Crippen LogP contribution in [0.25, 0.3) is 11.3 Å². The zero-order chi connectivity index (χ0) is 25.4. The van der Waals surface area contributed by atoms with E-state index in [4.69, 9.17) is 0 Å². The van der Waals surface area contributed by atoms with Gasteiger partial charge in [-0.25, -0.2) is 4.98 Å². The highest BCUT2D eigenvalue weighted by Crippen LogP contribution is 2.39. The summed E-state index contributed by atoms with van der Waals surface area (Å²) >= 11 is 1.30. The number of anilines is 2. The van der Waals surface area contributed by atoms with E-state index in [-0.39, 0.29) is 36.3 Å². The van der Waals surface area contributed by atoms with Crippen LogP contribution in [-0.4, -0.2) is 48.0 Å². The fraction of sp³-hybridized carbons (Fsp3) is 0.333. The van der Waals surface area contributed by atoms with Crippen LogP contribution in [0.1, 0.15) is 46.8 Å². The molecule has 1 aliphatic carbocycles. The summed E-state index contributed by atoms with van der Waals surface area (Å²) in [5.41, 5.74) is 5.86. The third-order valence-electron chi connectivity index (χ3n) is 7.20. The molecule has 0 fully saturated rings. The number of carbonyl (C=O) groups excluding carboxylic acids is 3. The largest absolute Gasteiger partial charge is 0.395 e. The van der Waals surface area contributed by atoms with Gasteiger partial charge in [0, 0.05) is 41.1 Å². The summed E-state index contributed by atoms with van der Waals surface area (Å²) in [6, 6.07) is 11.4. The fourth-order valence-corrected chi connectivity index (χ4v) is 5.62. The second kappa shape index (κ2) is 9.48. The molecule has 0 radical (unpaired) electrons. The molecule has 3 amide bonds. The highest BCUT2D eigenvalue weighted by Gasteiger charge is 2.34. The number of aliphatic hydroxyl groups excluding tert-OH is 1. The van der Waals surface area contributed by atoms with Gasteiger partial charge in [-0.3, -0.25) is 14.4 Å². The molecule has 0 bridgehead atoms. The van der Waals surface area contributed by atoms with E-state index in [1.165, 1.54) is 11.3 Å². The molecular weight excluding hydrogens is 476 g/mol. The molecule has 2 aromatic carbocycles. The zero-order valence-electron chi connectivity index (χ0n) is 20.3. The summed E-state index contributed by atoms with van der Waals surface area (Å²) in [6.07, 6.45) is 2.98. The van der Waals surface area contributed by atoms with E-state index in [0.717, 1.165) is 47.2 Å². The van der Waals surface area contributed by atoms with Crippen molar-refractivity contribution < 1.29 is 19.5 Å². The number of carbonyl (C=O) groups is 3. The van der Waals surface area contributed by atoms with Crippen molar-refractivity contribution in [2.24, 2.45) is 0 Å².